The monoisotopic (exact) mass is 866 g/mol. The smallest absolute Gasteiger partial charge is 0.160 e. The van der Waals surface area contributed by atoms with Gasteiger partial charge in [-0.05, 0) is 115 Å². The first-order chi connectivity index (χ1) is 33.7. The van der Waals surface area contributed by atoms with Crippen molar-refractivity contribution in [1.82, 2.24) is 9.97 Å². The van der Waals surface area contributed by atoms with Gasteiger partial charge in [0, 0.05) is 27.5 Å². The summed E-state index contributed by atoms with van der Waals surface area (Å²) in [5, 5.41) is 2.21. The molecule has 2 heterocycles. The fourth-order valence-corrected chi connectivity index (χ4v) is 10.6. The van der Waals surface area contributed by atoms with Crippen LogP contribution in [0, 0.1) is 0 Å². The summed E-state index contributed by atoms with van der Waals surface area (Å²) in [4.78, 5) is 10.5. The molecule has 0 spiro atoms. The van der Waals surface area contributed by atoms with E-state index >= 15 is 0 Å². The van der Waals surface area contributed by atoms with Crippen LogP contribution in [0.2, 0.25) is 0 Å². The van der Waals surface area contributed by atoms with Gasteiger partial charge < -0.3 is 4.42 Å². The summed E-state index contributed by atoms with van der Waals surface area (Å²) < 4.78 is 6.22. The molecule has 2 aromatic heterocycles. The zero-order valence-electron chi connectivity index (χ0n) is 37.1. The second-order valence-electron chi connectivity index (χ2n) is 17.7. The summed E-state index contributed by atoms with van der Waals surface area (Å²) in [6.45, 7) is 0. The van der Waals surface area contributed by atoms with Crippen molar-refractivity contribution in [2.75, 3.05) is 0 Å². The molecule has 3 nitrogen and oxygen atoms in total. The topological polar surface area (TPSA) is 38.9 Å². The van der Waals surface area contributed by atoms with Gasteiger partial charge in [-0.3, -0.25) is 0 Å². The fourth-order valence-electron chi connectivity index (χ4n) is 10.6. The summed E-state index contributed by atoms with van der Waals surface area (Å²) in [5.74, 6) is 0.678. The molecule has 0 bridgehead atoms. The lowest BCUT2D eigenvalue weighted by Gasteiger charge is -2.33. The Bertz CT molecular complexity index is 3780. The normalized spacial score (nSPS) is 12.5. The van der Waals surface area contributed by atoms with Gasteiger partial charge in [-0.2, -0.15) is 0 Å². The third kappa shape index (κ3) is 6.59. The second-order valence-corrected chi connectivity index (χ2v) is 17.7. The Balaban J connectivity index is 0.923. The Morgan fingerprint density at radius 2 is 0.765 bits per heavy atom. The van der Waals surface area contributed by atoms with Crippen molar-refractivity contribution in [3.05, 3.63) is 277 Å². The Morgan fingerprint density at radius 1 is 0.279 bits per heavy atom. The Kier molecular flexibility index (Phi) is 9.40. The Morgan fingerprint density at radius 3 is 1.49 bits per heavy atom. The molecule has 0 N–H and O–H groups in total. The van der Waals surface area contributed by atoms with Crippen LogP contribution in [-0.4, -0.2) is 9.97 Å². The van der Waals surface area contributed by atoms with Crippen LogP contribution in [0.4, 0.5) is 0 Å². The molecule has 3 heteroatoms. The molecule has 0 aliphatic heterocycles. The van der Waals surface area contributed by atoms with Gasteiger partial charge >= 0.3 is 0 Å². The largest absolute Gasteiger partial charge is 0.456 e. The number of benzene rings is 10. The number of aromatic nitrogens is 2. The van der Waals surface area contributed by atoms with Crippen LogP contribution in [0.15, 0.2) is 259 Å². The highest BCUT2D eigenvalue weighted by atomic mass is 16.3. The predicted molar refractivity (Wildman–Crippen MR) is 279 cm³/mol. The Labute approximate surface area is 395 Å². The lowest BCUT2D eigenvalue weighted by atomic mass is 9.67. The first-order valence-electron chi connectivity index (χ1n) is 23.2. The van der Waals surface area contributed by atoms with Gasteiger partial charge in [0.05, 0.1) is 16.8 Å². The van der Waals surface area contributed by atoms with Gasteiger partial charge in [-0.1, -0.05) is 206 Å². The molecule has 0 unspecified atom stereocenters. The van der Waals surface area contributed by atoms with E-state index in [0.717, 1.165) is 77.8 Å². The average Bonchev–Trinajstić information content (AvgIpc) is 3.95. The van der Waals surface area contributed by atoms with Crippen molar-refractivity contribution >= 4 is 21.9 Å². The van der Waals surface area contributed by atoms with Gasteiger partial charge in [-0.15, -0.1) is 0 Å². The molecule has 68 heavy (non-hydrogen) atoms. The second kappa shape index (κ2) is 16.2. The number of rotatable bonds is 8. The number of fused-ring (bicyclic) bond motifs is 6. The zero-order valence-corrected chi connectivity index (χ0v) is 37.1. The number of para-hydroxylation sites is 1. The first-order valence-corrected chi connectivity index (χ1v) is 23.2. The molecule has 10 aromatic carbocycles. The minimum atomic E-state index is -0.429. The molecule has 12 aromatic rings. The maximum Gasteiger partial charge on any atom is 0.160 e. The number of nitrogens with zero attached hydrogens (tertiary/aromatic N) is 2. The molecule has 0 amide bonds. The maximum absolute atomic E-state index is 6.22. The van der Waals surface area contributed by atoms with Crippen LogP contribution in [0.25, 0.3) is 100 Å². The minimum absolute atomic E-state index is 0.429. The van der Waals surface area contributed by atoms with Crippen LogP contribution in [-0.2, 0) is 5.41 Å². The highest BCUT2D eigenvalue weighted by molar-refractivity contribution is 6.06. The summed E-state index contributed by atoms with van der Waals surface area (Å²) in [7, 11) is 0. The van der Waals surface area contributed by atoms with E-state index in [2.05, 4.69) is 224 Å². The van der Waals surface area contributed by atoms with Crippen molar-refractivity contribution in [3.8, 4) is 78.4 Å². The van der Waals surface area contributed by atoms with Crippen molar-refractivity contribution in [2.45, 2.75) is 5.41 Å². The molecular formula is C65H42N2O. The van der Waals surface area contributed by atoms with Crippen LogP contribution >= 0.6 is 0 Å². The van der Waals surface area contributed by atoms with E-state index in [-0.39, 0.29) is 0 Å². The van der Waals surface area contributed by atoms with E-state index in [1.165, 1.54) is 38.9 Å². The van der Waals surface area contributed by atoms with Crippen molar-refractivity contribution < 1.29 is 4.42 Å². The summed E-state index contributed by atoms with van der Waals surface area (Å²) in [5.41, 5.74) is 20.5. The van der Waals surface area contributed by atoms with Gasteiger partial charge in [0.15, 0.2) is 5.82 Å². The average molecular weight is 867 g/mol. The lowest BCUT2D eigenvalue weighted by molar-refractivity contribution is 0.669. The fraction of sp³-hybridized carbons (Fsp3) is 0.0154. The van der Waals surface area contributed by atoms with E-state index in [4.69, 9.17) is 14.4 Å². The van der Waals surface area contributed by atoms with E-state index in [1.807, 2.05) is 30.3 Å². The van der Waals surface area contributed by atoms with E-state index in [0.29, 0.717) is 5.82 Å². The summed E-state index contributed by atoms with van der Waals surface area (Å²) in [6.07, 6.45) is 0. The SMILES string of the molecule is c1ccc(-c2cc(-c3ccc4oc5ccccc5c4c3)cc(-c3cc(-c4ccc(-c5ccc6c(c5)-c5ccccc5C6(c5ccccc5)c5ccccc5)cc4)nc(-c4ccccc4)n3)c2)cc1. The van der Waals surface area contributed by atoms with Gasteiger partial charge in [0.25, 0.3) is 0 Å². The van der Waals surface area contributed by atoms with Crippen molar-refractivity contribution in [3.63, 3.8) is 0 Å². The molecule has 0 saturated carbocycles. The third-order valence-electron chi connectivity index (χ3n) is 13.8. The van der Waals surface area contributed by atoms with E-state index in [1.54, 1.807) is 0 Å². The van der Waals surface area contributed by atoms with Gasteiger partial charge in [0.1, 0.15) is 11.2 Å². The molecule has 318 valence electrons. The van der Waals surface area contributed by atoms with Crippen LogP contribution in [0.1, 0.15) is 22.3 Å². The summed E-state index contributed by atoms with van der Waals surface area (Å²) >= 11 is 0. The number of hydrogen-bond acceptors (Lipinski definition) is 3. The molecule has 13 rings (SSSR count). The third-order valence-corrected chi connectivity index (χ3v) is 13.8. The number of furan rings is 1. The highest BCUT2D eigenvalue weighted by Gasteiger charge is 2.46. The van der Waals surface area contributed by atoms with Crippen LogP contribution in [0.5, 0.6) is 0 Å². The van der Waals surface area contributed by atoms with Crippen LogP contribution < -0.4 is 0 Å². The van der Waals surface area contributed by atoms with Crippen molar-refractivity contribution in [1.29, 1.82) is 0 Å². The Hall–Kier alpha value is -8.92. The van der Waals surface area contributed by atoms with Crippen molar-refractivity contribution in [2.24, 2.45) is 0 Å². The molecule has 1 aliphatic carbocycles. The quantitative estimate of drug-likeness (QED) is 0.153. The maximum atomic E-state index is 6.22. The lowest BCUT2D eigenvalue weighted by Crippen LogP contribution is -2.28. The number of hydrogen-bond donors (Lipinski definition) is 0. The predicted octanol–water partition coefficient (Wildman–Crippen LogP) is 16.7. The van der Waals surface area contributed by atoms with E-state index < -0.39 is 5.41 Å². The summed E-state index contributed by atoms with van der Waals surface area (Å²) in [6, 6.07) is 91.3. The van der Waals surface area contributed by atoms with E-state index in [9.17, 15) is 0 Å². The molecule has 0 atom stereocenters. The standard InChI is InChI=1S/C65H42N2O/c1-5-17-43(18-6-1)49-37-50(48-34-36-63-57(41-48)55-26-14-16-28-62(55)68-63)39-51(38-49)61-42-60(66-64(67-61)46-19-7-2-8-20-46)45-31-29-44(30-32-45)47-33-35-59-56(40-47)54-25-13-15-27-58(54)65(59,52-21-9-3-10-22-52)53-23-11-4-12-24-53/h1-42H. The first kappa shape index (κ1) is 39.4. The van der Waals surface area contributed by atoms with Crippen LogP contribution in [0.3, 0.4) is 0 Å². The zero-order chi connectivity index (χ0) is 45.0. The minimum Gasteiger partial charge on any atom is -0.456 e. The molecule has 0 fully saturated rings. The van der Waals surface area contributed by atoms with Gasteiger partial charge in [0.2, 0.25) is 0 Å². The van der Waals surface area contributed by atoms with Gasteiger partial charge in [-0.25, -0.2) is 9.97 Å². The molecule has 0 radical (unpaired) electrons. The molecular weight excluding hydrogens is 825 g/mol. The molecule has 0 saturated heterocycles. The molecule has 1 aliphatic rings. The highest BCUT2D eigenvalue weighted by Crippen LogP contribution is 2.56.